The summed E-state index contributed by atoms with van der Waals surface area (Å²) in [6.07, 6.45) is 3.48. The van der Waals surface area contributed by atoms with Crippen LogP contribution in [-0.4, -0.2) is 55.6 Å². The fourth-order valence-electron chi connectivity index (χ4n) is 3.54. The van der Waals surface area contributed by atoms with Crippen molar-refractivity contribution in [1.29, 1.82) is 0 Å². The topological polar surface area (TPSA) is 72.1 Å². The van der Waals surface area contributed by atoms with E-state index in [2.05, 4.69) is 25.1 Å². The minimum absolute atomic E-state index is 0.0242. The van der Waals surface area contributed by atoms with Crippen LogP contribution in [0.1, 0.15) is 25.6 Å². The quantitative estimate of drug-likeness (QED) is 0.695. The van der Waals surface area contributed by atoms with Crippen LogP contribution in [0.5, 0.6) is 0 Å². The molecule has 1 aliphatic rings. The first-order valence-corrected chi connectivity index (χ1v) is 9.34. The molecule has 0 N–H and O–H groups in total. The maximum Gasteiger partial charge on any atom is 0.261 e. The highest BCUT2D eigenvalue weighted by molar-refractivity contribution is 5.81. The summed E-state index contributed by atoms with van der Waals surface area (Å²) in [5.41, 5.74) is 3.03. The monoisotopic (exact) mass is 367 g/mol. The van der Waals surface area contributed by atoms with Crippen molar-refractivity contribution in [2.45, 2.75) is 26.4 Å². The van der Waals surface area contributed by atoms with Crippen molar-refractivity contribution in [3.63, 3.8) is 0 Å². The van der Waals surface area contributed by atoms with Crippen molar-refractivity contribution in [2.24, 2.45) is 7.05 Å². The average molecular weight is 367 g/mol. The van der Waals surface area contributed by atoms with E-state index in [9.17, 15) is 4.79 Å². The van der Waals surface area contributed by atoms with Gasteiger partial charge < -0.3 is 4.90 Å². The van der Waals surface area contributed by atoms with Gasteiger partial charge in [0.15, 0.2) is 0 Å². The van der Waals surface area contributed by atoms with Gasteiger partial charge in [-0.2, -0.15) is 0 Å². The van der Waals surface area contributed by atoms with Gasteiger partial charge in [-0.05, 0) is 32.0 Å². The van der Waals surface area contributed by atoms with Crippen molar-refractivity contribution in [2.75, 3.05) is 31.1 Å². The molecule has 0 unspecified atom stereocenters. The van der Waals surface area contributed by atoms with E-state index in [1.807, 2.05) is 50.0 Å². The Morgan fingerprint density at radius 2 is 1.93 bits per heavy atom. The molecule has 1 fully saturated rings. The number of anilines is 1. The summed E-state index contributed by atoms with van der Waals surface area (Å²) in [5, 5.41) is 8.62. The predicted molar refractivity (Wildman–Crippen MR) is 105 cm³/mol. The highest BCUT2D eigenvalue weighted by Gasteiger charge is 2.19. The molecule has 0 aliphatic carbocycles. The fraction of sp³-hybridized carbons (Fsp3) is 0.474. The molecule has 1 aliphatic heterocycles. The third-order valence-electron chi connectivity index (χ3n) is 5.26. The molecule has 0 saturated carbocycles. The number of rotatable bonds is 4. The summed E-state index contributed by atoms with van der Waals surface area (Å²) >= 11 is 0. The Kier molecular flexibility index (Phi) is 4.65. The van der Waals surface area contributed by atoms with Crippen LogP contribution in [0, 0.1) is 0 Å². The number of piperazine rings is 1. The van der Waals surface area contributed by atoms with Gasteiger partial charge in [0.05, 0.1) is 29.1 Å². The molecule has 2 aromatic heterocycles. The Morgan fingerprint density at radius 3 is 2.59 bits per heavy atom. The molecule has 4 rings (SSSR count). The van der Waals surface area contributed by atoms with Gasteiger partial charge in [-0.15, -0.1) is 5.10 Å². The first-order chi connectivity index (χ1) is 13.0. The third kappa shape index (κ3) is 3.44. The lowest BCUT2D eigenvalue weighted by Gasteiger charge is -2.36. The Labute approximate surface area is 158 Å². The summed E-state index contributed by atoms with van der Waals surface area (Å²) in [6.45, 7) is 8.69. The molecule has 0 spiro atoms. The van der Waals surface area contributed by atoms with Crippen molar-refractivity contribution < 1.29 is 0 Å². The zero-order valence-corrected chi connectivity index (χ0v) is 16.0. The highest BCUT2D eigenvalue weighted by Crippen LogP contribution is 2.21. The molecule has 27 heavy (non-hydrogen) atoms. The largest absolute Gasteiger partial charge is 0.369 e. The van der Waals surface area contributed by atoms with E-state index >= 15 is 0 Å². The molecular formula is C19H25N7O. The molecule has 142 valence electrons. The molecule has 8 nitrogen and oxygen atoms in total. The van der Waals surface area contributed by atoms with Gasteiger partial charge >= 0.3 is 0 Å². The summed E-state index contributed by atoms with van der Waals surface area (Å²) in [5.74, 6) is 0. The van der Waals surface area contributed by atoms with Crippen molar-refractivity contribution in [3.05, 3.63) is 46.8 Å². The van der Waals surface area contributed by atoms with E-state index in [1.54, 1.807) is 10.9 Å². The van der Waals surface area contributed by atoms with Crippen LogP contribution in [0.3, 0.4) is 0 Å². The van der Waals surface area contributed by atoms with Gasteiger partial charge in [-0.1, -0.05) is 5.21 Å². The van der Waals surface area contributed by atoms with E-state index in [4.69, 9.17) is 0 Å². The first-order valence-electron chi connectivity index (χ1n) is 9.34. The Hall–Kier alpha value is -2.74. The fourth-order valence-corrected chi connectivity index (χ4v) is 3.54. The van der Waals surface area contributed by atoms with Crippen LogP contribution in [-0.2, 0) is 13.6 Å². The van der Waals surface area contributed by atoms with Crippen molar-refractivity contribution in [1.82, 2.24) is 29.4 Å². The van der Waals surface area contributed by atoms with Crippen LogP contribution >= 0.6 is 0 Å². The highest BCUT2D eigenvalue weighted by atomic mass is 16.1. The molecule has 3 heterocycles. The van der Waals surface area contributed by atoms with Crippen molar-refractivity contribution in [3.8, 4) is 0 Å². The minimum atomic E-state index is 0.0242. The van der Waals surface area contributed by atoms with Crippen LogP contribution in [0.25, 0.3) is 10.9 Å². The molecule has 0 amide bonds. The Morgan fingerprint density at radius 1 is 1.15 bits per heavy atom. The van der Waals surface area contributed by atoms with Gasteiger partial charge in [0.1, 0.15) is 0 Å². The molecule has 0 atom stereocenters. The van der Waals surface area contributed by atoms with Crippen LogP contribution in [0.15, 0.2) is 35.5 Å². The second-order valence-corrected chi connectivity index (χ2v) is 7.36. The van der Waals surface area contributed by atoms with Crippen molar-refractivity contribution >= 4 is 16.6 Å². The smallest absolute Gasteiger partial charge is 0.261 e. The number of aryl methyl sites for hydroxylation is 1. The van der Waals surface area contributed by atoms with E-state index in [-0.39, 0.29) is 11.6 Å². The molecule has 8 heteroatoms. The SMILES string of the molecule is CC(C)n1cnc2cc(N3CCN(Cc4cnnn4C)CC3)ccc2c1=O. The van der Waals surface area contributed by atoms with Gasteiger partial charge in [-0.3, -0.25) is 18.9 Å². The summed E-state index contributed by atoms with van der Waals surface area (Å²) in [4.78, 5) is 21.8. The number of aromatic nitrogens is 5. The lowest BCUT2D eigenvalue weighted by atomic mass is 10.2. The minimum Gasteiger partial charge on any atom is -0.369 e. The van der Waals surface area contributed by atoms with Gasteiger partial charge in [-0.25, -0.2) is 4.98 Å². The number of hydrogen-bond donors (Lipinski definition) is 0. The summed E-state index contributed by atoms with van der Waals surface area (Å²) < 4.78 is 3.50. The summed E-state index contributed by atoms with van der Waals surface area (Å²) in [6, 6.07) is 6.09. The lowest BCUT2D eigenvalue weighted by Crippen LogP contribution is -2.46. The third-order valence-corrected chi connectivity index (χ3v) is 5.26. The molecular weight excluding hydrogens is 342 g/mol. The van der Waals surface area contributed by atoms with E-state index in [1.165, 1.54) is 0 Å². The van der Waals surface area contributed by atoms with Crippen LogP contribution in [0.4, 0.5) is 5.69 Å². The van der Waals surface area contributed by atoms with E-state index < -0.39 is 0 Å². The number of hydrogen-bond acceptors (Lipinski definition) is 6. The number of fused-ring (bicyclic) bond motifs is 1. The molecule has 0 bridgehead atoms. The standard InChI is InChI=1S/C19H25N7O/c1-14(2)26-13-20-18-10-15(4-5-17(18)19(26)27)25-8-6-24(7-9-25)12-16-11-21-22-23(16)3/h4-5,10-11,13-14H,6-9,12H2,1-3H3. The zero-order chi connectivity index (χ0) is 19.0. The maximum absolute atomic E-state index is 12.6. The lowest BCUT2D eigenvalue weighted by molar-refractivity contribution is 0.244. The molecule has 3 aromatic rings. The predicted octanol–water partition coefficient (Wildman–Crippen LogP) is 1.43. The van der Waals surface area contributed by atoms with Gasteiger partial charge in [0, 0.05) is 51.5 Å². The molecule has 1 aromatic carbocycles. The normalized spacial score (nSPS) is 15.8. The second-order valence-electron chi connectivity index (χ2n) is 7.36. The van der Waals surface area contributed by atoms with Gasteiger partial charge in [0.25, 0.3) is 5.56 Å². The van der Waals surface area contributed by atoms with E-state index in [0.29, 0.717) is 5.39 Å². The zero-order valence-electron chi connectivity index (χ0n) is 16.0. The number of benzene rings is 1. The Balaban J connectivity index is 1.48. The molecule has 1 saturated heterocycles. The summed E-state index contributed by atoms with van der Waals surface area (Å²) in [7, 11) is 1.92. The van der Waals surface area contributed by atoms with Crippen LogP contribution in [0.2, 0.25) is 0 Å². The van der Waals surface area contributed by atoms with E-state index in [0.717, 1.165) is 49.6 Å². The maximum atomic E-state index is 12.6. The number of nitrogens with zero attached hydrogens (tertiary/aromatic N) is 7. The van der Waals surface area contributed by atoms with Gasteiger partial charge in [0.2, 0.25) is 0 Å². The molecule has 0 radical (unpaired) electrons. The Bertz CT molecular complexity index is 999. The first kappa shape index (κ1) is 17.7. The second kappa shape index (κ2) is 7.11. The van der Waals surface area contributed by atoms with Crippen LogP contribution < -0.4 is 10.5 Å². The average Bonchev–Trinajstić information content (AvgIpc) is 3.07.